The zero-order valence-corrected chi connectivity index (χ0v) is 19.7. The lowest BCUT2D eigenvalue weighted by atomic mass is 10.0. The molecule has 0 spiro atoms. The number of benzene rings is 2. The third kappa shape index (κ3) is 11.2. The molecule has 2 rings (SSSR count). The third-order valence-electron chi connectivity index (χ3n) is 5.63. The predicted octanol–water partition coefficient (Wildman–Crippen LogP) is 9.32. The molecule has 2 atom stereocenters. The van der Waals surface area contributed by atoms with E-state index < -0.39 is 0 Å². The molecule has 0 aromatic heterocycles. The van der Waals surface area contributed by atoms with E-state index in [0.29, 0.717) is 0 Å². The zero-order chi connectivity index (χ0) is 22.0. The molecule has 0 amide bonds. The maximum Gasteiger partial charge on any atom is 0.101 e. The lowest BCUT2D eigenvalue weighted by molar-refractivity contribution is 0.0348. The Balaban J connectivity index is 2.07. The van der Waals surface area contributed by atoms with Crippen molar-refractivity contribution in [3.63, 3.8) is 0 Å². The molecule has 2 aromatic rings. The van der Waals surface area contributed by atoms with Crippen LogP contribution < -0.4 is 0 Å². The molecule has 0 fully saturated rings. The van der Waals surface area contributed by atoms with Gasteiger partial charge in [-0.1, -0.05) is 144 Å². The minimum Gasteiger partial charge on any atom is -0.362 e. The molecule has 2 aromatic carbocycles. The first-order chi connectivity index (χ1) is 15.3. The summed E-state index contributed by atoms with van der Waals surface area (Å²) in [6.45, 7) is 4.53. The highest BCUT2D eigenvalue weighted by Crippen LogP contribution is 2.24. The van der Waals surface area contributed by atoms with Crippen molar-refractivity contribution in [3.05, 3.63) is 90.0 Å². The van der Waals surface area contributed by atoms with E-state index in [-0.39, 0.29) is 12.2 Å². The van der Waals surface area contributed by atoms with Gasteiger partial charge in [0.15, 0.2) is 0 Å². The van der Waals surface area contributed by atoms with Crippen LogP contribution in [0.5, 0.6) is 0 Å². The number of unbranched alkanes of at least 4 members (excludes halogenated alkanes) is 7. The smallest absolute Gasteiger partial charge is 0.101 e. The fraction of sp³-hybridized carbons (Fsp3) is 0.467. The number of rotatable bonds is 16. The van der Waals surface area contributed by atoms with Gasteiger partial charge in [-0.15, -0.1) is 0 Å². The normalized spacial score (nSPS) is 13.7. The van der Waals surface area contributed by atoms with Gasteiger partial charge in [0.25, 0.3) is 0 Å². The van der Waals surface area contributed by atoms with E-state index in [1.54, 1.807) is 0 Å². The van der Waals surface area contributed by atoms with Crippen LogP contribution in [0.3, 0.4) is 0 Å². The van der Waals surface area contributed by atoms with Gasteiger partial charge < -0.3 is 4.74 Å². The standard InChI is InChI=1S/C30H42O/c1-3-5-7-9-10-18-24-30(28-21-15-12-16-22-28)31-29(23-17-8-6-4-2)26-25-27-19-13-11-14-20-27/h11-16,18-22,24-26,29-30H,3-10,17,23H2,1-2H3/b24-18+,26-25+. The summed E-state index contributed by atoms with van der Waals surface area (Å²) in [5.41, 5.74) is 2.46. The minimum atomic E-state index is 0.00368. The van der Waals surface area contributed by atoms with E-state index >= 15 is 0 Å². The molecule has 0 saturated heterocycles. The Morgan fingerprint density at radius 2 is 1.35 bits per heavy atom. The average molecular weight is 419 g/mol. The van der Waals surface area contributed by atoms with Gasteiger partial charge in [0.1, 0.15) is 6.10 Å². The van der Waals surface area contributed by atoms with Gasteiger partial charge in [-0.3, -0.25) is 0 Å². The molecular weight excluding hydrogens is 376 g/mol. The van der Waals surface area contributed by atoms with Crippen molar-refractivity contribution in [1.82, 2.24) is 0 Å². The molecule has 0 aliphatic heterocycles. The Kier molecular flexibility index (Phi) is 13.4. The maximum atomic E-state index is 6.69. The first kappa shape index (κ1) is 25.1. The van der Waals surface area contributed by atoms with Crippen LogP contribution in [0.1, 0.15) is 95.3 Å². The van der Waals surface area contributed by atoms with Crippen molar-refractivity contribution in [2.75, 3.05) is 0 Å². The quantitative estimate of drug-likeness (QED) is 0.195. The highest BCUT2D eigenvalue weighted by atomic mass is 16.5. The topological polar surface area (TPSA) is 9.23 Å². The summed E-state index contributed by atoms with van der Waals surface area (Å²) in [6, 6.07) is 21.2. The SMILES string of the molecule is CCCCCC/C=C/C(OC(/C=C/c1ccccc1)CCCCCC)c1ccccc1. The monoisotopic (exact) mass is 418 g/mol. The summed E-state index contributed by atoms with van der Waals surface area (Å²) in [7, 11) is 0. The number of allylic oxidation sites excluding steroid dienone is 1. The van der Waals surface area contributed by atoms with E-state index in [2.05, 4.69) is 98.8 Å². The summed E-state index contributed by atoms with van der Waals surface area (Å²) in [5, 5.41) is 0. The van der Waals surface area contributed by atoms with Crippen LogP contribution in [0.25, 0.3) is 6.08 Å². The Morgan fingerprint density at radius 1 is 0.710 bits per heavy atom. The van der Waals surface area contributed by atoms with Crippen LogP contribution in [-0.4, -0.2) is 6.10 Å². The highest BCUT2D eigenvalue weighted by Gasteiger charge is 2.14. The number of hydrogen-bond acceptors (Lipinski definition) is 1. The van der Waals surface area contributed by atoms with Crippen LogP contribution in [-0.2, 0) is 4.74 Å². The van der Waals surface area contributed by atoms with Crippen molar-refractivity contribution >= 4 is 6.08 Å². The first-order valence-corrected chi connectivity index (χ1v) is 12.4. The lowest BCUT2D eigenvalue weighted by Crippen LogP contribution is -2.14. The van der Waals surface area contributed by atoms with E-state index in [9.17, 15) is 0 Å². The fourth-order valence-electron chi connectivity index (χ4n) is 3.74. The molecule has 1 heteroatoms. The molecule has 0 N–H and O–H groups in total. The largest absolute Gasteiger partial charge is 0.362 e. The molecular formula is C30H42O. The molecule has 0 aliphatic rings. The van der Waals surface area contributed by atoms with Gasteiger partial charge >= 0.3 is 0 Å². The molecule has 1 nitrogen and oxygen atoms in total. The van der Waals surface area contributed by atoms with Gasteiger partial charge in [0.05, 0.1) is 6.10 Å². The predicted molar refractivity (Wildman–Crippen MR) is 136 cm³/mol. The van der Waals surface area contributed by atoms with Crippen molar-refractivity contribution in [2.45, 2.75) is 90.3 Å². The average Bonchev–Trinajstić information content (AvgIpc) is 2.82. The highest BCUT2D eigenvalue weighted by molar-refractivity contribution is 5.49. The molecule has 0 aliphatic carbocycles. The minimum absolute atomic E-state index is 0.00368. The van der Waals surface area contributed by atoms with Crippen LogP contribution in [0.2, 0.25) is 0 Å². The summed E-state index contributed by atoms with van der Waals surface area (Å²) in [5.74, 6) is 0. The molecule has 0 radical (unpaired) electrons. The van der Waals surface area contributed by atoms with Gasteiger partial charge in [-0.05, 0) is 30.4 Å². The summed E-state index contributed by atoms with van der Waals surface area (Å²) >= 11 is 0. The van der Waals surface area contributed by atoms with Crippen molar-refractivity contribution < 1.29 is 4.74 Å². The number of hydrogen-bond donors (Lipinski definition) is 0. The Bertz CT molecular complexity index is 717. The second-order valence-electron chi connectivity index (χ2n) is 8.40. The van der Waals surface area contributed by atoms with Crippen LogP contribution in [0.15, 0.2) is 78.9 Å². The summed E-state index contributed by atoms with van der Waals surface area (Å²) < 4.78 is 6.69. The van der Waals surface area contributed by atoms with Gasteiger partial charge in [-0.2, -0.15) is 0 Å². The lowest BCUT2D eigenvalue weighted by Gasteiger charge is -2.21. The van der Waals surface area contributed by atoms with Crippen LogP contribution in [0, 0.1) is 0 Å². The molecule has 168 valence electrons. The molecule has 2 unspecified atom stereocenters. The molecule has 0 saturated carbocycles. The van der Waals surface area contributed by atoms with Gasteiger partial charge in [0.2, 0.25) is 0 Å². The summed E-state index contributed by atoms with van der Waals surface area (Å²) in [4.78, 5) is 0. The van der Waals surface area contributed by atoms with Crippen molar-refractivity contribution in [1.29, 1.82) is 0 Å². The van der Waals surface area contributed by atoms with Crippen LogP contribution in [0.4, 0.5) is 0 Å². The molecule has 0 heterocycles. The van der Waals surface area contributed by atoms with E-state index in [1.807, 2.05) is 0 Å². The van der Waals surface area contributed by atoms with E-state index in [4.69, 9.17) is 4.74 Å². The first-order valence-electron chi connectivity index (χ1n) is 12.4. The Hall–Kier alpha value is -2.12. The number of ether oxygens (including phenoxy) is 1. The van der Waals surface area contributed by atoms with Crippen molar-refractivity contribution in [2.24, 2.45) is 0 Å². The molecule has 0 bridgehead atoms. The van der Waals surface area contributed by atoms with Gasteiger partial charge in [0, 0.05) is 0 Å². The van der Waals surface area contributed by atoms with Crippen molar-refractivity contribution in [3.8, 4) is 0 Å². The van der Waals surface area contributed by atoms with E-state index in [0.717, 1.165) is 12.8 Å². The second kappa shape index (κ2) is 16.6. The van der Waals surface area contributed by atoms with Gasteiger partial charge in [-0.25, -0.2) is 0 Å². The maximum absolute atomic E-state index is 6.69. The summed E-state index contributed by atoms with van der Waals surface area (Å²) in [6.07, 6.45) is 21.6. The fourth-order valence-corrected chi connectivity index (χ4v) is 3.74. The Labute approximate surface area is 191 Å². The van der Waals surface area contributed by atoms with Crippen LogP contribution >= 0.6 is 0 Å². The second-order valence-corrected chi connectivity index (χ2v) is 8.40. The molecule has 31 heavy (non-hydrogen) atoms. The Morgan fingerprint density at radius 3 is 2.03 bits per heavy atom. The third-order valence-corrected chi connectivity index (χ3v) is 5.63. The zero-order valence-electron chi connectivity index (χ0n) is 19.7. The van der Waals surface area contributed by atoms with E-state index in [1.165, 1.54) is 62.5 Å².